The van der Waals surface area contributed by atoms with E-state index in [0.717, 1.165) is 5.56 Å². The summed E-state index contributed by atoms with van der Waals surface area (Å²) in [4.78, 5) is 15.8. The van der Waals surface area contributed by atoms with Crippen molar-refractivity contribution in [3.8, 4) is 22.6 Å². The molecule has 7 heteroatoms. The van der Waals surface area contributed by atoms with Crippen LogP contribution in [0.3, 0.4) is 0 Å². The Hall–Kier alpha value is -2.76. The largest absolute Gasteiger partial charge is 0.493 e. The van der Waals surface area contributed by atoms with Crippen LogP contribution in [0, 0.1) is 0 Å². The molecule has 0 aliphatic carbocycles. The number of methoxy groups -OCH3 is 1. The number of halogens is 2. The Morgan fingerprint density at radius 1 is 1.04 bits per heavy atom. The quantitative estimate of drug-likeness (QED) is 0.601. The molecule has 1 N–H and O–H groups in total. The zero-order chi connectivity index (χ0) is 19.4. The van der Waals surface area contributed by atoms with Gasteiger partial charge in [-0.05, 0) is 17.7 Å². The number of hydrogen-bond acceptors (Lipinski definition) is 4. The molecule has 5 nitrogen and oxygen atoms in total. The number of nitrogens with zero attached hydrogens (tertiary/aromatic N) is 1. The van der Waals surface area contributed by atoms with Gasteiger partial charge in [0.25, 0.3) is 0 Å². The van der Waals surface area contributed by atoms with E-state index in [9.17, 15) is 9.90 Å². The maximum Gasteiger partial charge on any atom is 0.336 e. The predicted octanol–water partition coefficient (Wildman–Crippen LogP) is 5.34. The Kier molecular flexibility index (Phi) is 5.84. The predicted molar refractivity (Wildman–Crippen MR) is 104 cm³/mol. The van der Waals surface area contributed by atoms with E-state index in [1.807, 2.05) is 30.3 Å². The molecule has 138 valence electrons. The molecule has 0 unspecified atom stereocenters. The van der Waals surface area contributed by atoms with Crippen LogP contribution < -0.4 is 9.47 Å². The summed E-state index contributed by atoms with van der Waals surface area (Å²) >= 11 is 12.6. The molecule has 0 aliphatic heterocycles. The van der Waals surface area contributed by atoms with Gasteiger partial charge in [0.1, 0.15) is 6.61 Å². The van der Waals surface area contributed by atoms with E-state index in [-0.39, 0.29) is 33.5 Å². The van der Waals surface area contributed by atoms with Crippen LogP contribution in [0.2, 0.25) is 10.0 Å². The highest BCUT2D eigenvalue weighted by Gasteiger charge is 2.25. The monoisotopic (exact) mass is 403 g/mol. The molecule has 0 aliphatic rings. The van der Waals surface area contributed by atoms with Crippen molar-refractivity contribution in [2.75, 3.05) is 7.11 Å². The first-order valence-corrected chi connectivity index (χ1v) is 8.69. The minimum atomic E-state index is -1.14. The molecule has 0 spiro atoms. The molecular formula is C20H15Cl2NO4. The second-order valence-electron chi connectivity index (χ2n) is 5.58. The van der Waals surface area contributed by atoms with Crippen LogP contribution in [0.25, 0.3) is 11.1 Å². The Morgan fingerprint density at radius 3 is 2.30 bits per heavy atom. The number of aromatic carboxylic acids is 1. The standard InChI is InChI=1S/C20H15Cl2NO4/c1-26-16-8-7-13(20(24)25)17(18-14(21)9-23-10-15(18)22)19(16)27-11-12-5-3-2-4-6-12/h2-10H,11H2,1H3,(H,24,25). The third-order valence-electron chi connectivity index (χ3n) is 3.90. The molecule has 0 atom stereocenters. The van der Waals surface area contributed by atoms with E-state index >= 15 is 0 Å². The Morgan fingerprint density at radius 2 is 1.70 bits per heavy atom. The van der Waals surface area contributed by atoms with Gasteiger partial charge in [-0.3, -0.25) is 4.98 Å². The van der Waals surface area contributed by atoms with Gasteiger partial charge >= 0.3 is 5.97 Å². The highest BCUT2D eigenvalue weighted by atomic mass is 35.5. The minimum absolute atomic E-state index is 0.00568. The van der Waals surface area contributed by atoms with E-state index in [0.29, 0.717) is 11.3 Å². The van der Waals surface area contributed by atoms with Crippen LogP contribution in [0.5, 0.6) is 11.5 Å². The third-order valence-corrected chi connectivity index (χ3v) is 4.47. The van der Waals surface area contributed by atoms with E-state index < -0.39 is 5.97 Å². The first-order chi connectivity index (χ1) is 13.0. The maximum absolute atomic E-state index is 11.8. The maximum atomic E-state index is 11.8. The minimum Gasteiger partial charge on any atom is -0.493 e. The fourth-order valence-electron chi connectivity index (χ4n) is 2.67. The summed E-state index contributed by atoms with van der Waals surface area (Å²) < 4.78 is 11.4. The summed E-state index contributed by atoms with van der Waals surface area (Å²) in [6.45, 7) is 0.216. The van der Waals surface area contributed by atoms with Gasteiger partial charge in [-0.15, -0.1) is 0 Å². The molecule has 3 aromatic rings. The Labute approximate surface area is 166 Å². The van der Waals surface area contributed by atoms with Gasteiger partial charge in [0.05, 0.1) is 22.7 Å². The normalized spacial score (nSPS) is 10.5. The molecule has 1 aromatic heterocycles. The van der Waals surface area contributed by atoms with Crippen molar-refractivity contribution in [2.24, 2.45) is 0 Å². The first-order valence-electron chi connectivity index (χ1n) is 7.93. The van der Waals surface area contributed by atoms with E-state index in [1.165, 1.54) is 31.6 Å². The summed E-state index contributed by atoms with van der Waals surface area (Å²) in [7, 11) is 1.48. The van der Waals surface area contributed by atoms with Crippen molar-refractivity contribution < 1.29 is 19.4 Å². The molecule has 0 bridgehead atoms. The van der Waals surface area contributed by atoms with Crippen molar-refractivity contribution >= 4 is 29.2 Å². The molecule has 0 saturated carbocycles. The SMILES string of the molecule is COc1ccc(C(=O)O)c(-c2c(Cl)cncc2Cl)c1OCc1ccccc1. The number of pyridine rings is 1. The summed E-state index contributed by atoms with van der Waals surface area (Å²) in [6.07, 6.45) is 2.80. The average Bonchev–Trinajstić information content (AvgIpc) is 2.66. The molecule has 0 amide bonds. The number of carbonyl (C=O) groups is 1. The summed E-state index contributed by atoms with van der Waals surface area (Å²) in [6, 6.07) is 12.5. The number of carboxylic acids is 1. The van der Waals surface area contributed by atoms with Crippen LogP contribution in [-0.4, -0.2) is 23.2 Å². The molecule has 0 fully saturated rings. The van der Waals surface area contributed by atoms with Gasteiger partial charge in [0.2, 0.25) is 0 Å². The van der Waals surface area contributed by atoms with Crippen molar-refractivity contribution in [2.45, 2.75) is 6.61 Å². The topological polar surface area (TPSA) is 68.7 Å². The van der Waals surface area contributed by atoms with E-state index in [2.05, 4.69) is 4.98 Å². The number of hydrogen-bond donors (Lipinski definition) is 1. The van der Waals surface area contributed by atoms with E-state index in [4.69, 9.17) is 32.7 Å². The van der Waals surface area contributed by atoms with Gasteiger partial charge in [0.15, 0.2) is 11.5 Å². The lowest BCUT2D eigenvalue weighted by atomic mass is 9.98. The number of benzene rings is 2. The second-order valence-corrected chi connectivity index (χ2v) is 6.39. The first kappa shape index (κ1) is 19.0. The van der Waals surface area contributed by atoms with Gasteiger partial charge in [-0.1, -0.05) is 53.5 Å². The smallest absolute Gasteiger partial charge is 0.336 e. The average molecular weight is 404 g/mol. The zero-order valence-corrected chi connectivity index (χ0v) is 15.8. The van der Waals surface area contributed by atoms with Crippen LogP contribution in [-0.2, 0) is 6.61 Å². The summed E-state index contributed by atoms with van der Waals surface area (Å²) in [5.74, 6) is -0.521. The second kappa shape index (κ2) is 8.29. The lowest BCUT2D eigenvalue weighted by molar-refractivity contribution is 0.0697. The number of rotatable bonds is 6. The number of ether oxygens (including phenoxy) is 2. The zero-order valence-electron chi connectivity index (χ0n) is 14.3. The van der Waals surface area contributed by atoms with Crippen LogP contribution >= 0.6 is 23.2 Å². The Balaban J connectivity index is 2.20. The fraction of sp³-hybridized carbons (Fsp3) is 0.100. The molecule has 1 heterocycles. The van der Waals surface area contributed by atoms with Gasteiger partial charge in [-0.25, -0.2) is 4.79 Å². The fourth-order valence-corrected chi connectivity index (χ4v) is 3.23. The number of carboxylic acid groups (broad SMARTS) is 1. The molecule has 27 heavy (non-hydrogen) atoms. The van der Waals surface area contributed by atoms with Crippen molar-refractivity contribution in [3.63, 3.8) is 0 Å². The Bertz CT molecular complexity index is 957. The molecular weight excluding hydrogens is 389 g/mol. The van der Waals surface area contributed by atoms with Gasteiger partial charge in [-0.2, -0.15) is 0 Å². The summed E-state index contributed by atoms with van der Waals surface area (Å²) in [5.41, 5.74) is 1.48. The highest BCUT2D eigenvalue weighted by molar-refractivity contribution is 6.39. The van der Waals surface area contributed by atoms with Gasteiger partial charge in [0, 0.05) is 23.5 Å². The highest BCUT2D eigenvalue weighted by Crippen LogP contribution is 2.46. The summed E-state index contributed by atoms with van der Waals surface area (Å²) in [5, 5.41) is 10.1. The lowest BCUT2D eigenvalue weighted by Gasteiger charge is -2.19. The van der Waals surface area contributed by atoms with Crippen molar-refractivity contribution in [1.82, 2.24) is 4.98 Å². The molecule has 0 radical (unpaired) electrons. The van der Waals surface area contributed by atoms with Crippen molar-refractivity contribution in [3.05, 3.63) is 76.0 Å². The van der Waals surface area contributed by atoms with Crippen LogP contribution in [0.1, 0.15) is 15.9 Å². The molecule has 2 aromatic carbocycles. The van der Waals surface area contributed by atoms with Gasteiger partial charge < -0.3 is 14.6 Å². The van der Waals surface area contributed by atoms with Crippen LogP contribution in [0.15, 0.2) is 54.9 Å². The number of aromatic nitrogens is 1. The van der Waals surface area contributed by atoms with Crippen molar-refractivity contribution in [1.29, 1.82) is 0 Å². The van der Waals surface area contributed by atoms with E-state index in [1.54, 1.807) is 0 Å². The van der Waals surface area contributed by atoms with Crippen LogP contribution in [0.4, 0.5) is 0 Å². The molecule has 0 saturated heterocycles. The lowest BCUT2D eigenvalue weighted by Crippen LogP contribution is -2.06. The third kappa shape index (κ3) is 3.99. The molecule has 3 rings (SSSR count).